The van der Waals surface area contributed by atoms with Crippen LogP contribution in [0.1, 0.15) is 27.9 Å². The van der Waals surface area contributed by atoms with E-state index in [1.807, 2.05) is 49.5 Å². The second-order valence-electron chi connectivity index (χ2n) is 5.02. The molecule has 2 aromatic rings. The summed E-state index contributed by atoms with van der Waals surface area (Å²) in [6.07, 6.45) is 3.13. The Morgan fingerprint density at radius 1 is 1.00 bits per heavy atom. The molecule has 0 fully saturated rings. The smallest absolute Gasteiger partial charge is 0.258 e. The van der Waals surface area contributed by atoms with E-state index in [-0.39, 0.29) is 5.91 Å². The average Bonchev–Trinajstić information content (AvgIpc) is 2.62. The lowest BCUT2D eigenvalue weighted by Crippen LogP contribution is -2.25. The van der Waals surface area contributed by atoms with E-state index in [1.54, 1.807) is 4.90 Å². The molecule has 0 aromatic heterocycles. The maximum Gasteiger partial charge on any atom is 0.258 e. The van der Waals surface area contributed by atoms with Crippen LogP contribution in [0.25, 0.3) is 5.57 Å². The SMILES string of the molecule is CN1C(=O)c2ccccc2C(=CCCBr)c2ccccc21. The summed E-state index contributed by atoms with van der Waals surface area (Å²) in [6.45, 7) is 0. The van der Waals surface area contributed by atoms with Crippen LogP contribution in [-0.2, 0) is 0 Å². The quantitative estimate of drug-likeness (QED) is 0.736. The highest BCUT2D eigenvalue weighted by Crippen LogP contribution is 2.37. The molecule has 1 aliphatic heterocycles. The first-order valence-electron chi connectivity index (χ1n) is 6.97. The van der Waals surface area contributed by atoms with Gasteiger partial charge in [-0.05, 0) is 29.7 Å². The molecular formula is C18H16BrNO. The number of allylic oxidation sites excluding steroid dienone is 1. The zero-order valence-corrected chi connectivity index (χ0v) is 13.4. The van der Waals surface area contributed by atoms with Crippen LogP contribution in [0.5, 0.6) is 0 Å². The molecule has 0 saturated heterocycles. The summed E-state index contributed by atoms with van der Waals surface area (Å²) in [5.74, 6) is 0.0419. The highest BCUT2D eigenvalue weighted by molar-refractivity contribution is 9.09. The summed E-state index contributed by atoms with van der Waals surface area (Å²) >= 11 is 3.48. The molecule has 3 heteroatoms. The number of hydrogen-bond donors (Lipinski definition) is 0. The van der Waals surface area contributed by atoms with E-state index in [0.717, 1.165) is 39.7 Å². The van der Waals surface area contributed by atoms with Crippen LogP contribution in [0, 0.1) is 0 Å². The van der Waals surface area contributed by atoms with E-state index in [4.69, 9.17) is 0 Å². The van der Waals surface area contributed by atoms with Gasteiger partial charge in [0, 0.05) is 23.5 Å². The monoisotopic (exact) mass is 341 g/mol. The Morgan fingerprint density at radius 2 is 1.62 bits per heavy atom. The van der Waals surface area contributed by atoms with Gasteiger partial charge >= 0.3 is 0 Å². The van der Waals surface area contributed by atoms with Crippen molar-refractivity contribution in [1.82, 2.24) is 0 Å². The first kappa shape index (κ1) is 14.1. The number of carbonyl (C=O) groups is 1. The van der Waals surface area contributed by atoms with Crippen molar-refractivity contribution in [2.75, 3.05) is 17.3 Å². The molecule has 0 aliphatic carbocycles. The molecule has 1 heterocycles. The standard InChI is InChI=1S/C18H16BrNO/c1-20-17-11-5-4-8-15(17)13(10-6-12-19)14-7-2-3-9-16(14)18(20)21/h2-5,7-11H,6,12H2,1H3. The molecule has 3 rings (SSSR count). The first-order chi connectivity index (χ1) is 10.2. The molecule has 0 saturated carbocycles. The second kappa shape index (κ2) is 5.86. The predicted octanol–water partition coefficient (Wildman–Crippen LogP) is 4.49. The molecule has 1 aliphatic rings. The molecular weight excluding hydrogens is 326 g/mol. The Morgan fingerprint density at radius 3 is 2.33 bits per heavy atom. The molecule has 0 bridgehead atoms. The summed E-state index contributed by atoms with van der Waals surface area (Å²) < 4.78 is 0. The fourth-order valence-electron chi connectivity index (χ4n) is 2.75. The van der Waals surface area contributed by atoms with Gasteiger partial charge in [-0.2, -0.15) is 0 Å². The minimum Gasteiger partial charge on any atom is -0.311 e. The van der Waals surface area contributed by atoms with Crippen LogP contribution in [-0.4, -0.2) is 18.3 Å². The summed E-state index contributed by atoms with van der Waals surface area (Å²) in [7, 11) is 1.84. The van der Waals surface area contributed by atoms with Gasteiger partial charge in [-0.1, -0.05) is 58.4 Å². The van der Waals surface area contributed by atoms with Crippen molar-refractivity contribution in [1.29, 1.82) is 0 Å². The van der Waals surface area contributed by atoms with Crippen LogP contribution in [0.2, 0.25) is 0 Å². The van der Waals surface area contributed by atoms with Gasteiger partial charge < -0.3 is 4.90 Å². The van der Waals surface area contributed by atoms with Crippen LogP contribution < -0.4 is 4.90 Å². The van der Waals surface area contributed by atoms with Gasteiger partial charge in [0.2, 0.25) is 0 Å². The summed E-state index contributed by atoms with van der Waals surface area (Å²) in [5, 5.41) is 0.907. The van der Waals surface area contributed by atoms with Crippen molar-refractivity contribution in [3.63, 3.8) is 0 Å². The molecule has 1 amide bonds. The number of amides is 1. The number of hydrogen-bond acceptors (Lipinski definition) is 1. The third kappa shape index (κ3) is 2.42. The van der Waals surface area contributed by atoms with Crippen molar-refractivity contribution < 1.29 is 4.79 Å². The molecule has 0 spiro atoms. The van der Waals surface area contributed by atoms with Gasteiger partial charge in [0.25, 0.3) is 5.91 Å². The Kier molecular flexibility index (Phi) is 3.93. The van der Waals surface area contributed by atoms with Gasteiger partial charge in [0.1, 0.15) is 0 Å². The van der Waals surface area contributed by atoms with Crippen LogP contribution in [0.4, 0.5) is 5.69 Å². The zero-order valence-electron chi connectivity index (χ0n) is 11.8. The number of para-hydroxylation sites is 1. The van der Waals surface area contributed by atoms with E-state index in [1.165, 1.54) is 0 Å². The van der Waals surface area contributed by atoms with E-state index in [2.05, 4.69) is 28.1 Å². The third-order valence-electron chi connectivity index (χ3n) is 3.77. The van der Waals surface area contributed by atoms with Crippen molar-refractivity contribution in [3.05, 3.63) is 71.3 Å². The minimum atomic E-state index is 0.0419. The van der Waals surface area contributed by atoms with E-state index >= 15 is 0 Å². The Balaban J connectivity index is 2.31. The van der Waals surface area contributed by atoms with Gasteiger partial charge in [-0.3, -0.25) is 4.79 Å². The fourth-order valence-corrected chi connectivity index (χ4v) is 2.98. The number of benzene rings is 2. The number of rotatable bonds is 2. The number of alkyl halides is 1. The second-order valence-corrected chi connectivity index (χ2v) is 5.82. The van der Waals surface area contributed by atoms with Crippen LogP contribution >= 0.6 is 15.9 Å². The highest BCUT2D eigenvalue weighted by atomic mass is 79.9. The van der Waals surface area contributed by atoms with Gasteiger partial charge in [0.15, 0.2) is 0 Å². The fraction of sp³-hybridized carbons (Fsp3) is 0.167. The lowest BCUT2D eigenvalue weighted by Gasteiger charge is -2.17. The lowest BCUT2D eigenvalue weighted by atomic mass is 9.93. The number of halogens is 1. The van der Waals surface area contributed by atoms with E-state index in [0.29, 0.717) is 0 Å². The molecule has 2 nitrogen and oxygen atoms in total. The number of nitrogens with zero attached hydrogens (tertiary/aromatic N) is 1. The Hall–Kier alpha value is -1.87. The topological polar surface area (TPSA) is 20.3 Å². The van der Waals surface area contributed by atoms with Crippen LogP contribution in [0.3, 0.4) is 0 Å². The third-order valence-corrected chi connectivity index (χ3v) is 4.22. The van der Waals surface area contributed by atoms with E-state index in [9.17, 15) is 4.79 Å². The molecule has 2 aromatic carbocycles. The Labute approximate surface area is 133 Å². The van der Waals surface area contributed by atoms with Crippen molar-refractivity contribution in [2.24, 2.45) is 0 Å². The summed E-state index contributed by atoms with van der Waals surface area (Å²) in [4.78, 5) is 14.4. The Bertz CT molecular complexity index is 721. The largest absolute Gasteiger partial charge is 0.311 e. The summed E-state index contributed by atoms with van der Waals surface area (Å²) in [6, 6.07) is 15.9. The van der Waals surface area contributed by atoms with E-state index < -0.39 is 0 Å². The van der Waals surface area contributed by atoms with Crippen LogP contribution in [0.15, 0.2) is 54.6 Å². The maximum absolute atomic E-state index is 12.7. The molecule has 21 heavy (non-hydrogen) atoms. The number of carbonyl (C=O) groups excluding carboxylic acids is 1. The van der Waals surface area contributed by atoms with Crippen molar-refractivity contribution >= 4 is 33.1 Å². The average molecular weight is 342 g/mol. The van der Waals surface area contributed by atoms with Gasteiger partial charge in [0.05, 0.1) is 5.69 Å². The van der Waals surface area contributed by atoms with Gasteiger partial charge in [-0.15, -0.1) is 0 Å². The molecule has 0 N–H and O–H groups in total. The molecule has 0 radical (unpaired) electrons. The number of fused-ring (bicyclic) bond motifs is 2. The maximum atomic E-state index is 12.7. The van der Waals surface area contributed by atoms with Crippen molar-refractivity contribution in [2.45, 2.75) is 6.42 Å². The zero-order chi connectivity index (χ0) is 14.8. The summed E-state index contributed by atoms with van der Waals surface area (Å²) in [5.41, 5.74) is 4.98. The molecule has 0 unspecified atom stereocenters. The minimum absolute atomic E-state index is 0.0419. The normalized spacial score (nSPS) is 15.6. The van der Waals surface area contributed by atoms with Crippen molar-refractivity contribution in [3.8, 4) is 0 Å². The molecule has 0 atom stereocenters. The number of anilines is 1. The highest BCUT2D eigenvalue weighted by Gasteiger charge is 2.26. The lowest BCUT2D eigenvalue weighted by molar-refractivity contribution is 0.0993. The van der Waals surface area contributed by atoms with Gasteiger partial charge in [-0.25, -0.2) is 0 Å². The predicted molar refractivity (Wildman–Crippen MR) is 91.1 cm³/mol. The first-order valence-corrected chi connectivity index (χ1v) is 8.09. The molecule has 106 valence electrons.